The van der Waals surface area contributed by atoms with Gasteiger partial charge in [0.05, 0.1) is 11.6 Å². The molecule has 1 aliphatic carbocycles. The normalized spacial score (nSPS) is 22.1. The first-order valence-corrected chi connectivity index (χ1v) is 7.91. The highest BCUT2D eigenvalue weighted by atomic mass is 35.5. The summed E-state index contributed by atoms with van der Waals surface area (Å²) in [5, 5.41) is 2.91. The zero-order valence-corrected chi connectivity index (χ0v) is 14.6. The summed E-state index contributed by atoms with van der Waals surface area (Å²) in [7, 11) is 0. The van der Waals surface area contributed by atoms with Crippen molar-refractivity contribution in [2.24, 2.45) is 17.6 Å². The standard InChI is InChI=1S/C17H23F3N2O.ClH/c1-10(2)15(22-16(23)12-6-7-14(21)9-12)11-4-3-5-13(8-11)17(18,19)20;/h3-5,8,10,12,14-15H,6-7,9,21H2,1-2H3,(H,22,23);1H. The number of amides is 1. The molecule has 0 heterocycles. The van der Waals surface area contributed by atoms with Crippen LogP contribution in [0.25, 0.3) is 0 Å². The Hall–Kier alpha value is -1.27. The summed E-state index contributed by atoms with van der Waals surface area (Å²) in [5.41, 5.74) is 5.61. The summed E-state index contributed by atoms with van der Waals surface area (Å²) >= 11 is 0. The van der Waals surface area contributed by atoms with Crippen LogP contribution >= 0.6 is 12.4 Å². The van der Waals surface area contributed by atoms with Gasteiger partial charge in [-0.2, -0.15) is 13.2 Å². The number of rotatable bonds is 4. The van der Waals surface area contributed by atoms with Crippen molar-refractivity contribution in [3.8, 4) is 0 Å². The third-order valence-electron chi connectivity index (χ3n) is 4.38. The first kappa shape index (κ1) is 20.8. The number of hydrogen-bond acceptors (Lipinski definition) is 2. The van der Waals surface area contributed by atoms with Gasteiger partial charge in [0.1, 0.15) is 0 Å². The molecule has 24 heavy (non-hydrogen) atoms. The van der Waals surface area contributed by atoms with E-state index in [-0.39, 0.29) is 36.2 Å². The Balaban J connectivity index is 0.00000288. The van der Waals surface area contributed by atoms with Crippen LogP contribution in [0, 0.1) is 11.8 Å². The first-order valence-electron chi connectivity index (χ1n) is 7.91. The van der Waals surface area contributed by atoms with Crippen molar-refractivity contribution in [2.75, 3.05) is 0 Å². The molecule has 0 aliphatic heterocycles. The Kier molecular flexibility index (Phi) is 7.10. The van der Waals surface area contributed by atoms with Crippen molar-refractivity contribution < 1.29 is 18.0 Å². The molecule has 0 bridgehead atoms. The number of nitrogens with one attached hydrogen (secondary N) is 1. The van der Waals surface area contributed by atoms with E-state index in [9.17, 15) is 18.0 Å². The second-order valence-corrected chi connectivity index (χ2v) is 6.62. The first-order chi connectivity index (χ1) is 10.7. The third-order valence-corrected chi connectivity index (χ3v) is 4.38. The van der Waals surface area contributed by atoms with Gasteiger partial charge in [0.2, 0.25) is 5.91 Å². The lowest BCUT2D eigenvalue weighted by Gasteiger charge is -2.25. The number of benzene rings is 1. The zero-order valence-electron chi connectivity index (χ0n) is 13.8. The molecule has 1 fully saturated rings. The van der Waals surface area contributed by atoms with Crippen LogP contribution in [0.15, 0.2) is 24.3 Å². The van der Waals surface area contributed by atoms with Gasteiger partial charge in [0.25, 0.3) is 0 Å². The molecule has 1 aromatic carbocycles. The Labute approximate surface area is 146 Å². The topological polar surface area (TPSA) is 55.1 Å². The van der Waals surface area contributed by atoms with Gasteiger partial charge in [-0.3, -0.25) is 4.79 Å². The molecule has 1 saturated carbocycles. The molecule has 1 aliphatic rings. The van der Waals surface area contributed by atoms with Gasteiger partial charge < -0.3 is 11.1 Å². The predicted octanol–water partition coefficient (Wildman–Crippen LogP) is 4.07. The largest absolute Gasteiger partial charge is 0.416 e. The van der Waals surface area contributed by atoms with Crippen molar-refractivity contribution >= 4 is 18.3 Å². The van der Waals surface area contributed by atoms with E-state index in [1.807, 2.05) is 13.8 Å². The number of hydrogen-bond donors (Lipinski definition) is 2. The van der Waals surface area contributed by atoms with E-state index in [1.165, 1.54) is 6.07 Å². The quantitative estimate of drug-likeness (QED) is 0.846. The highest BCUT2D eigenvalue weighted by molar-refractivity contribution is 5.85. The van der Waals surface area contributed by atoms with Crippen molar-refractivity contribution in [1.29, 1.82) is 0 Å². The molecule has 0 spiro atoms. The van der Waals surface area contributed by atoms with Crippen LogP contribution in [-0.2, 0) is 11.0 Å². The molecule has 136 valence electrons. The number of alkyl halides is 3. The molecule has 0 aromatic heterocycles. The maximum absolute atomic E-state index is 12.9. The van der Waals surface area contributed by atoms with E-state index in [4.69, 9.17) is 5.73 Å². The molecule has 0 radical (unpaired) electrons. The SMILES string of the molecule is CC(C)C(NC(=O)C1CCC(N)C1)c1cccc(C(F)(F)F)c1.Cl. The van der Waals surface area contributed by atoms with E-state index in [1.54, 1.807) is 6.07 Å². The average molecular weight is 365 g/mol. The van der Waals surface area contributed by atoms with Crippen LogP contribution in [0.3, 0.4) is 0 Å². The summed E-state index contributed by atoms with van der Waals surface area (Å²) in [6.07, 6.45) is -2.20. The van der Waals surface area contributed by atoms with E-state index >= 15 is 0 Å². The van der Waals surface area contributed by atoms with E-state index < -0.39 is 17.8 Å². The van der Waals surface area contributed by atoms with Crippen LogP contribution in [0.5, 0.6) is 0 Å². The highest BCUT2D eigenvalue weighted by Crippen LogP contribution is 2.33. The molecule has 1 aromatic rings. The number of nitrogens with two attached hydrogens (primary N) is 1. The van der Waals surface area contributed by atoms with E-state index in [2.05, 4.69) is 5.32 Å². The van der Waals surface area contributed by atoms with E-state index in [0.29, 0.717) is 12.0 Å². The molecular weight excluding hydrogens is 341 g/mol. The molecule has 3 atom stereocenters. The summed E-state index contributed by atoms with van der Waals surface area (Å²) in [6.45, 7) is 3.76. The van der Waals surface area contributed by atoms with Crippen molar-refractivity contribution in [3.63, 3.8) is 0 Å². The maximum atomic E-state index is 12.9. The van der Waals surface area contributed by atoms with Gasteiger partial charge in [-0.25, -0.2) is 0 Å². The molecule has 7 heteroatoms. The maximum Gasteiger partial charge on any atom is 0.416 e. The molecule has 3 N–H and O–H groups in total. The number of halogens is 4. The zero-order chi connectivity index (χ0) is 17.2. The second-order valence-electron chi connectivity index (χ2n) is 6.62. The molecule has 1 amide bonds. The summed E-state index contributed by atoms with van der Waals surface area (Å²) in [5.74, 6) is -0.274. The lowest BCUT2D eigenvalue weighted by molar-refractivity contribution is -0.137. The van der Waals surface area contributed by atoms with Crippen molar-refractivity contribution in [1.82, 2.24) is 5.32 Å². The molecule has 3 nitrogen and oxygen atoms in total. The Morgan fingerprint density at radius 1 is 1.29 bits per heavy atom. The smallest absolute Gasteiger partial charge is 0.349 e. The Morgan fingerprint density at radius 2 is 1.96 bits per heavy atom. The molecule has 2 rings (SSSR count). The van der Waals surface area contributed by atoms with Crippen molar-refractivity contribution in [3.05, 3.63) is 35.4 Å². The third kappa shape index (κ3) is 5.11. The Bertz CT molecular complexity index is 563. The minimum Gasteiger partial charge on any atom is -0.349 e. The van der Waals surface area contributed by atoms with E-state index in [0.717, 1.165) is 25.0 Å². The van der Waals surface area contributed by atoms with Crippen LogP contribution < -0.4 is 11.1 Å². The van der Waals surface area contributed by atoms with Gasteiger partial charge in [-0.1, -0.05) is 26.0 Å². The fourth-order valence-electron chi connectivity index (χ4n) is 3.07. The van der Waals surface area contributed by atoms with Gasteiger partial charge in [0, 0.05) is 12.0 Å². The minimum absolute atomic E-state index is 0. The monoisotopic (exact) mass is 364 g/mol. The highest BCUT2D eigenvalue weighted by Gasteiger charge is 2.33. The van der Waals surface area contributed by atoms with Crippen LogP contribution in [0.4, 0.5) is 13.2 Å². The summed E-state index contributed by atoms with van der Waals surface area (Å²) in [4.78, 5) is 12.4. The summed E-state index contributed by atoms with van der Waals surface area (Å²) < 4.78 is 38.6. The fraction of sp³-hybridized carbons (Fsp3) is 0.588. The fourth-order valence-corrected chi connectivity index (χ4v) is 3.07. The molecule has 3 unspecified atom stereocenters. The van der Waals surface area contributed by atoms with Gasteiger partial charge in [0.15, 0.2) is 0 Å². The minimum atomic E-state index is -4.39. The van der Waals surface area contributed by atoms with Crippen molar-refractivity contribution in [2.45, 2.75) is 51.4 Å². The van der Waals surface area contributed by atoms with Crippen LogP contribution in [-0.4, -0.2) is 11.9 Å². The van der Waals surface area contributed by atoms with Gasteiger partial charge >= 0.3 is 6.18 Å². The lowest BCUT2D eigenvalue weighted by Crippen LogP contribution is -2.36. The molecule has 0 saturated heterocycles. The lowest BCUT2D eigenvalue weighted by atomic mass is 9.93. The van der Waals surface area contributed by atoms with Gasteiger partial charge in [-0.15, -0.1) is 12.4 Å². The van der Waals surface area contributed by atoms with Crippen LogP contribution in [0.1, 0.15) is 50.3 Å². The Morgan fingerprint density at radius 3 is 2.46 bits per heavy atom. The number of carbonyl (C=O) groups is 1. The number of carbonyl (C=O) groups excluding carboxylic acids is 1. The average Bonchev–Trinajstić information content (AvgIpc) is 2.90. The van der Waals surface area contributed by atoms with Gasteiger partial charge in [-0.05, 0) is 42.9 Å². The van der Waals surface area contributed by atoms with Crippen LogP contribution in [0.2, 0.25) is 0 Å². The predicted molar refractivity (Wildman–Crippen MR) is 89.7 cm³/mol. The molecular formula is C17H24ClF3N2O. The summed E-state index contributed by atoms with van der Waals surface area (Å²) in [6, 6.07) is 4.76. The second kappa shape index (κ2) is 8.21.